The number of aromatic nitrogens is 1. The van der Waals surface area contributed by atoms with Crippen LogP contribution in [-0.2, 0) is 12.7 Å². The van der Waals surface area contributed by atoms with Crippen molar-refractivity contribution in [3.63, 3.8) is 0 Å². The van der Waals surface area contributed by atoms with Crippen molar-refractivity contribution in [3.05, 3.63) is 63.9 Å². The number of rotatable bonds is 2. The van der Waals surface area contributed by atoms with Crippen LogP contribution in [0.5, 0.6) is 0 Å². The molecule has 0 aliphatic carbocycles. The molecule has 1 atom stereocenters. The van der Waals surface area contributed by atoms with Crippen molar-refractivity contribution >= 4 is 27.3 Å². The van der Waals surface area contributed by atoms with E-state index < -0.39 is 11.9 Å². The first-order chi connectivity index (χ1) is 11.3. The molecule has 3 rings (SSSR count). The Morgan fingerprint density at radius 3 is 2.71 bits per heavy atom. The standard InChI is InChI=1S/C17H15BrF3N3/c1-10-8-14(22)12-5-2-6-13(18)15(12)24(10)9-11-4-3-7-23-16(11)17(19,20)21/h2-8,10H,9,22H2,1H3. The zero-order valence-corrected chi connectivity index (χ0v) is 14.4. The molecule has 0 fully saturated rings. The normalized spacial score (nSPS) is 17.5. The van der Waals surface area contributed by atoms with Gasteiger partial charge in [0.1, 0.15) is 5.69 Å². The van der Waals surface area contributed by atoms with Gasteiger partial charge in [0, 0.05) is 40.1 Å². The molecule has 7 heteroatoms. The Hall–Kier alpha value is -2.02. The van der Waals surface area contributed by atoms with Gasteiger partial charge in [-0.3, -0.25) is 4.98 Å². The van der Waals surface area contributed by atoms with Crippen molar-refractivity contribution in [2.75, 3.05) is 4.90 Å². The van der Waals surface area contributed by atoms with Crippen LogP contribution in [0.2, 0.25) is 0 Å². The molecule has 1 aromatic heterocycles. The van der Waals surface area contributed by atoms with Crippen molar-refractivity contribution in [1.82, 2.24) is 4.98 Å². The highest BCUT2D eigenvalue weighted by Crippen LogP contribution is 2.40. The van der Waals surface area contributed by atoms with Crippen LogP contribution in [0, 0.1) is 0 Å². The first-order valence-electron chi connectivity index (χ1n) is 7.33. The fraction of sp³-hybridized carbons (Fsp3) is 0.235. The lowest BCUT2D eigenvalue weighted by Gasteiger charge is -2.36. The van der Waals surface area contributed by atoms with E-state index in [2.05, 4.69) is 20.9 Å². The summed E-state index contributed by atoms with van der Waals surface area (Å²) < 4.78 is 40.4. The van der Waals surface area contributed by atoms with Crippen LogP contribution in [0.1, 0.15) is 23.7 Å². The summed E-state index contributed by atoms with van der Waals surface area (Å²) in [5, 5.41) is 0. The van der Waals surface area contributed by atoms with Gasteiger partial charge in [-0.2, -0.15) is 13.2 Å². The zero-order chi connectivity index (χ0) is 17.5. The predicted molar refractivity (Wildman–Crippen MR) is 91.2 cm³/mol. The third-order valence-corrected chi connectivity index (χ3v) is 4.64. The van der Waals surface area contributed by atoms with Gasteiger partial charge in [0.25, 0.3) is 0 Å². The van der Waals surface area contributed by atoms with E-state index in [4.69, 9.17) is 5.73 Å². The van der Waals surface area contributed by atoms with E-state index in [1.165, 1.54) is 12.1 Å². The SMILES string of the molecule is CC1C=C(N)c2cccc(Br)c2N1Cc1cccnc1C(F)(F)F. The maximum Gasteiger partial charge on any atom is 0.433 e. The van der Waals surface area contributed by atoms with E-state index in [0.29, 0.717) is 5.70 Å². The first-order valence-corrected chi connectivity index (χ1v) is 8.12. The molecule has 0 saturated carbocycles. The van der Waals surface area contributed by atoms with E-state index >= 15 is 0 Å². The Morgan fingerprint density at radius 1 is 1.25 bits per heavy atom. The monoisotopic (exact) mass is 397 g/mol. The van der Waals surface area contributed by atoms with Gasteiger partial charge in [-0.25, -0.2) is 0 Å². The predicted octanol–water partition coefficient (Wildman–Crippen LogP) is 4.57. The lowest BCUT2D eigenvalue weighted by atomic mass is 9.99. The third-order valence-electron chi connectivity index (χ3n) is 4.00. The fourth-order valence-corrected chi connectivity index (χ4v) is 3.51. The number of pyridine rings is 1. The lowest BCUT2D eigenvalue weighted by molar-refractivity contribution is -0.141. The molecule has 0 radical (unpaired) electrons. The molecule has 3 nitrogen and oxygen atoms in total. The summed E-state index contributed by atoms with van der Waals surface area (Å²) in [5.41, 5.74) is 7.58. The van der Waals surface area contributed by atoms with Crippen LogP contribution in [0.4, 0.5) is 18.9 Å². The van der Waals surface area contributed by atoms with Gasteiger partial charge in [-0.05, 0) is 41.1 Å². The van der Waals surface area contributed by atoms with E-state index in [9.17, 15) is 13.2 Å². The van der Waals surface area contributed by atoms with Crippen molar-refractivity contribution in [2.24, 2.45) is 5.73 Å². The summed E-state index contributed by atoms with van der Waals surface area (Å²) in [4.78, 5) is 5.42. The molecule has 126 valence electrons. The van der Waals surface area contributed by atoms with Crippen LogP contribution < -0.4 is 10.6 Å². The Kier molecular flexibility index (Phi) is 4.29. The molecular formula is C17H15BrF3N3. The average Bonchev–Trinajstić information content (AvgIpc) is 2.51. The molecule has 2 heterocycles. The molecule has 2 aromatic rings. The van der Waals surface area contributed by atoms with Crippen LogP contribution in [0.3, 0.4) is 0 Å². The highest BCUT2D eigenvalue weighted by Gasteiger charge is 2.36. The third kappa shape index (κ3) is 3.00. The Balaban J connectivity index is 2.07. The summed E-state index contributed by atoms with van der Waals surface area (Å²) in [6.07, 6.45) is -1.48. The van der Waals surface area contributed by atoms with Gasteiger partial charge >= 0.3 is 6.18 Å². The number of hydrogen-bond acceptors (Lipinski definition) is 3. The second kappa shape index (κ2) is 6.12. The number of fused-ring (bicyclic) bond motifs is 1. The van der Waals surface area contributed by atoms with Gasteiger partial charge in [0.15, 0.2) is 0 Å². The largest absolute Gasteiger partial charge is 0.433 e. The van der Waals surface area contributed by atoms with Gasteiger partial charge in [0.2, 0.25) is 0 Å². The summed E-state index contributed by atoms with van der Waals surface area (Å²) in [6.45, 7) is 1.99. The highest BCUT2D eigenvalue weighted by molar-refractivity contribution is 9.10. The van der Waals surface area contributed by atoms with Gasteiger partial charge in [0.05, 0.1) is 5.69 Å². The average molecular weight is 398 g/mol. The molecule has 1 aromatic carbocycles. The molecule has 1 unspecified atom stereocenters. The molecule has 1 aliphatic rings. The quantitative estimate of drug-likeness (QED) is 0.806. The molecule has 0 amide bonds. The van der Waals surface area contributed by atoms with Crippen molar-refractivity contribution in [1.29, 1.82) is 0 Å². The maximum absolute atomic E-state index is 13.2. The number of alkyl halides is 3. The minimum absolute atomic E-state index is 0.0866. The number of nitrogens with zero attached hydrogens (tertiary/aromatic N) is 2. The number of benzene rings is 1. The van der Waals surface area contributed by atoms with Gasteiger partial charge in [-0.15, -0.1) is 0 Å². The summed E-state index contributed by atoms with van der Waals surface area (Å²) in [5.74, 6) is 0. The second-order valence-corrected chi connectivity index (χ2v) is 6.49. The number of halogens is 4. The Morgan fingerprint density at radius 2 is 2.00 bits per heavy atom. The number of para-hydroxylation sites is 1. The van der Waals surface area contributed by atoms with E-state index in [-0.39, 0.29) is 18.2 Å². The van der Waals surface area contributed by atoms with Gasteiger partial charge in [-0.1, -0.05) is 18.2 Å². The summed E-state index contributed by atoms with van der Waals surface area (Å²) in [6, 6.07) is 8.40. The van der Waals surface area contributed by atoms with Crippen molar-refractivity contribution < 1.29 is 13.2 Å². The maximum atomic E-state index is 13.2. The number of anilines is 1. The summed E-state index contributed by atoms with van der Waals surface area (Å²) >= 11 is 3.49. The van der Waals surface area contributed by atoms with E-state index in [1.807, 2.05) is 36.1 Å². The zero-order valence-electron chi connectivity index (χ0n) is 12.8. The first kappa shape index (κ1) is 16.8. The molecule has 0 bridgehead atoms. The summed E-state index contributed by atoms with van der Waals surface area (Å²) in [7, 11) is 0. The molecule has 2 N–H and O–H groups in total. The minimum atomic E-state index is -4.48. The van der Waals surface area contributed by atoms with Crippen LogP contribution in [0.15, 0.2) is 47.1 Å². The van der Waals surface area contributed by atoms with Crippen molar-refractivity contribution in [2.45, 2.75) is 25.7 Å². The topological polar surface area (TPSA) is 42.1 Å². The highest BCUT2D eigenvalue weighted by atomic mass is 79.9. The van der Waals surface area contributed by atoms with Gasteiger partial charge < -0.3 is 10.6 Å². The minimum Gasteiger partial charge on any atom is -0.398 e. The number of hydrogen-bond donors (Lipinski definition) is 1. The fourth-order valence-electron chi connectivity index (χ4n) is 2.91. The molecule has 0 saturated heterocycles. The molecule has 0 spiro atoms. The van der Waals surface area contributed by atoms with Crippen molar-refractivity contribution in [3.8, 4) is 0 Å². The molecule has 24 heavy (non-hydrogen) atoms. The Labute approximate surface area is 146 Å². The molecule has 1 aliphatic heterocycles. The van der Waals surface area contributed by atoms with Crippen LogP contribution in [-0.4, -0.2) is 11.0 Å². The van der Waals surface area contributed by atoms with Crippen LogP contribution in [0.25, 0.3) is 5.70 Å². The second-order valence-electron chi connectivity index (χ2n) is 5.64. The number of nitrogens with two attached hydrogens (primary N) is 1. The van der Waals surface area contributed by atoms with Crippen LogP contribution >= 0.6 is 15.9 Å². The smallest absolute Gasteiger partial charge is 0.398 e. The molecular weight excluding hydrogens is 383 g/mol. The van der Waals surface area contributed by atoms with E-state index in [0.717, 1.165) is 21.9 Å². The Bertz CT molecular complexity index is 802. The lowest BCUT2D eigenvalue weighted by Crippen LogP contribution is -2.36. The van der Waals surface area contributed by atoms with E-state index in [1.54, 1.807) is 0 Å².